The summed E-state index contributed by atoms with van der Waals surface area (Å²) in [5.74, 6) is 0.945. The number of benzene rings is 2. The Labute approximate surface area is 183 Å². The van der Waals surface area contributed by atoms with Crippen LogP contribution < -0.4 is 10.5 Å². The number of hydrogen-bond donors (Lipinski definition) is 2. The van der Waals surface area contributed by atoms with E-state index in [1.807, 2.05) is 43.5 Å². The topological polar surface area (TPSA) is 103 Å². The number of fused-ring (bicyclic) bond motifs is 1. The maximum atomic E-state index is 14.8. The van der Waals surface area contributed by atoms with Gasteiger partial charge in [0.2, 0.25) is 11.7 Å². The molecule has 0 aliphatic heterocycles. The molecule has 32 heavy (non-hydrogen) atoms. The normalized spacial score (nSPS) is 12.2. The van der Waals surface area contributed by atoms with Gasteiger partial charge in [-0.15, -0.1) is 0 Å². The summed E-state index contributed by atoms with van der Waals surface area (Å²) in [6.45, 7) is 1.94. The van der Waals surface area contributed by atoms with E-state index in [0.29, 0.717) is 35.1 Å². The van der Waals surface area contributed by atoms with E-state index >= 15 is 0 Å². The van der Waals surface area contributed by atoms with Crippen molar-refractivity contribution in [1.29, 1.82) is 0 Å². The number of nitrogens with zero attached hydrogens (tertiary/aromatic N) is 3. The SMILES string of the molecule is Cc1c[nH]c2nccc(Oc3ccc(CC(N)c4nc(-c5ccccc5)no4)cc3F)c12. The van der Waals surface area contributed by atoms with Crippen LogP contribution in [0.25, 0.3) is 22.4 Å². The molecule has 0 saturated carbocycles. The summed E-state index contributed by atoms with van der Waals surface area (Å²) in [4.78, 5) is 11.7. The van der Waals surface area contributed by atoms with Crippen LogP contribution in [0, 0.1) is 12.7 Å². The summed E-state index contributed by atoms with van der Waals surface area (Å²) in [6, 6.07) is 15.4. The molecule has 1 unspecified atom stereocenters. The Hall–Kier alpha value is -4.04. The van der Waals surface area contributed by atoms with Crippen molar-refractivity contribution in [1.82, 2.24) is 20.1 Å². The van der Waals surface area contributed by atoms with Crippen molar-refractivity contribution >= 4 is 11.0 Å². The number of aryl methyl sites for hydroxylation is 1. The number of aromatic nitrogens is 4. The smallest absolute Gasteiger partial charge is 0.244 e. The Morgan fingerprint density at radius 1 is 1.12 bits per heavy atom. The van der Waals surface area contributed by atoms with Gasteiger partial charge in [-0.2, -0.15) is 4.98 Å². The van der Waals surface area contributed by atoms with Gasteiger partial charge in [-0.1, -0.05) is 41.6 Å². The van der Waals surface area contributed by atoms with Crippen molar-refractivity contribution in [2.75, 3.05) is 0 Å². The van der Waals surface area contributed by atoms with Crippen molar-refractivity contribution in [3.8, 4) is 22.9 Å². The van der Waals surface area contributed by atoms with Crippen molar-refractivity contribution in [2.45, 2.75) is 19.4 Å². The zero-order valence-corrected chi connectivity index (χ0v) is 17.2. The summed E-state index contributed by atoms with van der Waals surface area (Å²) in [5, 5.41) is 4.81. The third-order valence-corrected chi connectivity index (χ3v) is 5.20. The van der Waals surface area contributed by atoms with Crippen molar-refractivity contribution < 1.29 is 13.7 Å². The number of rotatable bonds is 6. The van der Waals surface area contributed by atoms with Crippen molar-refractivity contribution in [3.63, 3.8) is 0 Å². The van der Waals surface area contributed by atoms with Gasteiger partial charge < -0.3 is 20.0 Å². The van der Waals surface area contributed by atoms with Crippen molar-refractivity contribution in [2.24, 2.45) is 5.73 Å². The van der Waals surface area contributed by atoms with Crippen LogP contribution >= 0.6 is 0 Å². The Morgan fingerprint density at radius 2 is 1.97 bits per heavy atom. The highest BCUT2D eigenvalue weighted by Crippen LogP contribution is 2.32. The fourth-order valence-electron chi connectivity index (χ4n) is 3.57. The number of H-pyrrole nitrogens is 1. The largest absolute Gasteiger partial charge is 0.453 e. The number of nitrogens with one attached hydrogen (secondary N) is 1. The van der Waals surface area contributed by atoms with Crippen LogP contribution in [-0.2, 0) is 6.42 Å². The highest BCUT2D eigenvalue weighted by atomic mass is 19.1. The standard InChI is InChI=1S/C24H20FN5O2/c1-14-13-28-23-21(14)20(9-10-27-23)31-19-8-7-15(11-17(19)25)12-18(26)24-29-22(30-32-24)16-5-3-2-4-6-16/h2-11,13,18H,12,26H2,1H3,(H,27,28). The van der Waals surface area contributed by atoms with Crippen molar-refractivity contribution in [3.05, 3.63) is 89.8 Å². The van der Waals surface area contributed by atoms with Crippen LogP contribution in [0.5, 0.6) is 11.5 Å². The molecule has 1 atom stereocenters. The maximum absolute atomic E-state index is 14.8. The minimum absolute atomic E-state index is 0.125. The molecule has 5 rings (SSSR count). The average molecular weight is 429 g/mol. The van der Waals surface area contributed by atoms with Crippen LogP contribution in [0.2, 0.25) is 0 Å². The Bertz CT molecular complexity index is 1380. The molecule has 0 radical (unpaired) electrons. The third-order valence-electron chi connectivity index (χ3n) is 5.20. The van der Waals surface area contributed by atoms with Gasteiger partial charge in [-0.25, -0.2) is 9.37 Å². The van der Waals surface area contributed by atoms with Crippen LogP contribution in [0.3, 0.4) is 0 Å². The van der Waals surface area contributed by atoms with Gasteiger partial charge >= 0.3 is 0 Å². The summed E-state index contributed by atoms with van der Waals surface area (Å²) in [6.07, 6.45) is 3.79. The molecule has 160 valence electrons. The van der Waals surface area contributed by atoms with Crippen LogP contribution in [0.15, 0.2) is 71.5 Å². The van der Waals surface area contributed by atoms with E-state index in [9.17, 15) is 4.39 Å². The molecule has 0 amide bonds. The number of ether oxygens (including phenoxy) is 1. The molecule has 0 bridgehead atoms. The maximum Gasteiger partial charge on any atom is 0.244 e. The predicted octanol–water partition coefficient (Wildman–Crippen LogP) is 5.10. The Kier molecular flexibility index (Phi) is 5.12. The lowest BCUT2D eigenvalue weighted by molar-refractivity contribution is 0.354. The zero-order valence-electron chi connectivity index (χ0n) is 17.2. The summed E-state index contributed by atoms with van der Waals surface area (Å²) in [7, 11) is 0. The van der Waals surface area contributed by atoms with E-state index in [1.165, 1.54) is 6.07 Å². The molecular formula is C24H20FN5O2. The number of halogens is 1. The fraction of sp³-hybridized carbons (Fsp3) is 0.125. The minimum atomic E-state index is -0.562. The molecule has 8 heteroatoms. The number of hydrogen-bond acceptors (Lipinski definition) is 6. The second-order valence-electron chi connectivity index (χ2n) is 7.50. The van der Waals surface area contributed by atoms with Crippen LogP contribution in [0.4, 0.5) is 4.39 Å². The van der Waals surface area contributed by atoms with Gasteiger partial charge in [0.15, 0.2) is 11.6 Å². The third kappa shape index (κ3) is 3.83. The molecule has 0 saturated heterocycles. The quantitative estimate of drug-likeness (QED) is 0.389. The van der Waals surface area contributed by atoms with E-state index in [2.05, 4.69) is 20.1 Å². The molecule has 0 fully saturated rings. The molecule has 5 aromatic rings. The molecule has 3 heterocycles. The molecule has 0 spiro atoms. The summed E-state index contributed by atoms with van der Waals surface area (Å²) in [5.41, 5.74) is 9.43. The first-order chi connectivity index (χ1) is 15.6. The summed E-state index contributed by atoms with van der Waals surface area (Å²) >= 11 is 0. The predicted molar refractivity (Wildman–Crippen MR) is 118 cm³/mol. The minimum Gasteiger partial charge on any atom is -0.453 e. The van der Waals surface area contributed by atoms with E-state index < -0.39 is 11.9 Å². The van der Waals surface area contributed by atoms with Gasteiger partial charge in [0.05, 0.1) is 11.4 Å². The number of aromatic amines is 1. The molecule has 3 aromatic heterocycles. The molecule has 2 aromatic carbocycles. The number of pyridine rings is 1. The van der Waals surface area contributed by atoms with E-state index in [4.69, 9.17) is 15.0 Å². The zero-order chi connectivity index (χ0) is 22.1. The van der Waals surface area contributed by atoms with Crippen LogP contribution in [0.1, 0.15) is 23.1 Å². The van der Waals surface area contributed by atoms with Crippen LogP contribution in [-0.4, -0.2) is 20.1 Å². The highest BCUT2D eigenvalue weighted by molar-refractivity contribution is 5.86. The van der Waals surface area contributed by atoms with Gasteiger partial charge in [-0.05, 0) is 42.7 Å². The van der Waals surface area contributed by atoms with Gasteiger partial charge in [0.1, 0.15) is 11.4 Å². The van der Waals surface area contributed by atoms with Gasteiger partial charge in [0.25, 0.3) is 0 Å². The van der Waals surface area contributed by atoms with E-state index in [1.54, 1.807) is 24.4 Å². The first-order valence-corrected chi connectivity index (χ1v) is 10.1. The lowest BCUT2D eigenvalue weighted by atomic mass is 10.1. The molecule has 0 aliphatic rings. The summed E-state index contributed by atoms with van der Waals surface area (Å²) < 4.78 is 26.0. The second-order valence-corrected chi connectivity index (χ2v) is 7.50. The van der Waals surface area contributed by atoms with Gasteiger partial charge in [-0.3, -0.25) is 0 Å². The number of nitrogens with two attached hydrogens (primary N) is 1. The first kappa shape index (κ1) is 19.9. The van der Waals surface area contributed by atoms with E-state index in [0.717, 1.165) is 16.5 Å². The van der Waals surface area contributed by atoms with E-state index in [-0.39, 0.29) is 5.75 Å². The lowest BCUT2D eigenvalue weighted by Gasteiger charge is -2.11. The second kappa shape index (κ2) is 8.24. The van der Waals surface area contributed by atoms with Gasteiger partial charge in [0, 0.05) is 18.0 Å². The average Bonchev–Trinajstić information content (AvgIpc) is 3.44. The lowest BCUT2D eigenvalue weighted by Crippen LogP contribution is -2.14. The fourth-order valence-corrected chi connectivity index (χ4v) is 3.57. The molecule has 7 nitrogen and oxygen atoms in total. The Balaban J connectivity index is 1.32. The molecule has 3 N–H and O–H groups in total. The monoisotopic (exact) mass is 429 g/mol. The first-order valence-electron chi connectivity index (χ1n) is 10.1. The molecule has 0 aliphatic carbocycles. The Morgan fingerprint density at radius 3 is 2.78 bits per heavy atom. The highest BCUT2D eigenvalue weighted by Gasteiger charge is 2.18. The molecular weight excluding hydrogens is 409 g/mol.